The molecular formula is C15H19N3OS. The highest BCUT2D eigenvalue weighted by Gasteiger charge is 2.17. The smallest absolute Gasteiger partial charge is 0.258 e. The number of anilines is 1. The molecule has 1 aromatic heterocycles. The van der Waals surface area contributed by atoms with Crippen molar-refractivity contribution in [3.63, 3.8) is 0 Å². The third kappa shape index (κ3) is 2.82. The third-order valence-electron chi connectivity index (χ3n) is 3.37. The van der Waals surface area contributed by atoms with Crippen LogP contribution in [0.4, 0.5) is 5.69 Å². The van der Waals surface area contributed by atoms with E-state index in [4.69, 9.17) is 4.52 Å². The minimum atomic E-state index is 0.651. The number of thioether (sulfide) groups is 1. The van der Waals surface area contributed by atoms with E-state index in [0.29, 0.717) is 5.89 Å². The maximum Gasteiger partial charge on any atom is 0.258 e. The summed E-state index contributed by atoms with van der Waals surface area (Å²) < 4.78 is 5.45. The van der Waals surface area contributed by atoms with E-state index < -0.39 is 0 Å². The first-order valence-electron chi connectivity index (χ1n) is 7.15. The second-order valence-corrected chi connectivity index (χ2v) is 6.04. The lowest BCUT2D eigenvalue weighted by Crippen LogP contribution is -2.12. The molecular weight excluding hydrogens is 270 g/mol. The zero-order chi connectivity index (χ0) is 13.8. The maximum atomic E-state index is 5.45. The van der Waals surface area contributed by atoms with Gasteiger partial charge in [-0.2, -0.15) is 16.7 Å². The summed E-state index contributed by atoms with van der Waals surface area (Å²) in [6.45, 7) is 3.22. The summed E-state index contributed by atoms with van der Waals surface area (Å²) in [6, 6.07) is 6.23. The zero-order valence-electron chi connectivity index (χ0n) is 11.7. The van der Waals surface area contributed by atoms with E-state index in [-0.39, 0.29) is 0 Å². The second kappa shape index (κ2) is 6.31. The van der Waals surface area contributed by atoms with Gasteiger partial charge in [-0.25, -0.2) is 0 Å². The number of hydrogen-bond donors (Lipinski definition) is 1. The minimum absolute atomic E-state index is 0.651. The van der Waals surface area contributed by atoms with Gasteiger partial charge in [-0.15, -0.1) is 0 Å². The van der Waals surface area contributed by atoms with Crippen molar-refractivity contribution in [3.8, 4) is 11.5 Å². The van der Waals surface area contributed by atoms with Crippen LogP contribution in [0.3, 0.4) is 0 Å². The predicted molar refractivity (Wildman–Crippen MR) is 83.0 cm³/mol. The van der Waals surface area contributed by atoms with E-state index in [1.165, 1.54) is 17.7 Å². The lowest BCUT2D eigenvalue weighted by Gasteiger charge is -2.19. The second-order valence-electron chi connectivity index (χ2n) is 4.93. The largest absolute Gasteiger partial charge is 0.385 e. The fourth-order valence-corrected chi connectivity index (χ4v) is 3.17. The van der Waals surface area contributed by atoms with Crippen LogP contribution in [-0.2, 0) is 12.2 Å². The molecule has 1 N–H and O–H groups in total. The molecule has 0 unspecified atom stereocenters. The van der Waals surface area contributed by atoms with Crippen LogP contribution in [0, 0.1) is 0 Å². The van der Waals surface area contributed by atoms with E-state index in [1.807, 2.05) is 17.8 Å². The summed E-state index contributed by atoms with van der Waals surface area (Å²) in [5, 5.41) is 7.51. The highest BCUT2D eigenvalue weighted by atomic mass is 32.2. The molecule has 0 amide bonds. The highest BCUT2D eigenvalue weighted by molar-refractivity contribution is 7.98. The van der Waals surface area contributed by atoms with Crippen LogP contribution in [0.15, 0.2) is 22.7 Å². The van der Waals surface area contributed by atoms with Crippen LogP contribution in [0.5, 0.6) is 0 Å². The van der Waals surface area contributed by atoms with E-state index in [2.05, 4.69) is 34.5 Å². The molecule has 20 heavy (non-hydrogen) atoms. The van der Waals surface area contributed by atoms with Crippen molar-refractivity contribution in [3.05, 3.63) is 29.6 Å². The van der Waals surface area contributed by atoms with Gasteiger partial charge in [0, 0.05) is 17.8 Å². The summed E-state index contributed by atoms with van der Waals surface area (Å²) in [6.07, 6.45) is 3.39. The van der Waals surface area contributed by atoms with Gasteiger partial charge >= 0.3 is 0 Å². The van der Waals surface area contributed by atoms with Gasteiger partial charge in [0.1, 0.15) is 0 Å². The number of benzene rings is 1. The van der Waals surface area contributed by atoms with Crippen LogP contribution >= 0.6 is 11.8 Å². The molecule has 1 aromatic carbocycles. The molecule has 106 valence electrons. The lowest BCUT2D eigenvalue weighted by molar-refractivity contribution is 0.424. The zero-order valence-corrected chi connectivity index (χ0v) is 12.5. The SMILES string of the molecule is CCCSCc1noc(-c2cccc3c2CCCN3)n1. The van der Waals surface area contributed by atoms with Gasteiger partial charge in [0.25, 0.3) is 5.89 Å². The van der Waals surface area contributed by atoms with Crippen molar-refractivity contribution in [1.82, 2.24) is 10.1 Å². The molecule has 4 nitrogen and oxygen atoms in total. The fraction of sp³-hybridized carbons (Fsp3) is 0.467. The molecule has 3 rings (SSSR count). The first-order valence-corrected chi connectivity index (χ1v) is 8.30. The standard InChI is InChI=1S/C15H19N3OS/c1-2-9-20-10-14-17-15(19-18-14)12-5-3-7-13-11(12)6-4-8-16-13/h3,5,7,16H,2,4,6,8-10H2,1H3. The van der Waals surface area contributed by atoms with Crippen molar-refractivity contribution >= 4 is 17.4 Å². The molecule has 1 aliphatic rings. The van der Waals surface area contributed by atoms with Gasteiger partial charge in [-0.1, -0.05) is 18.1 Å². The summed E-state index contributed by atoms with van der Waals surface area (Å²) in [4.78, 5) is 4.53. The monoisotopic (exact) mass is 289 g/mol. The van der Waals surface area contributed by atoms with Crippen molar-refractivity contribution in [1.29, 1.82) is 0 Å². The molecule has 2 heterocycles. The highest BCUT2D eigenvalue weighted by Crippen LogP contribution is 2.31. The topological polar surface area (TPSA) is 51.0 Å². The number of nitrogens with zero attached hydrogens (tertiary/aromatic N) is 2. The fourth-order valence-electron chi connectivity index (χ4n) is 2.44. The minimum Gasteiger partial charge on any atom is -0.385 e. The summed E-state index contributed by atoms with van der Waals surface area (Å²) >= 11 is 1.85. The molecule has 1 aliphatic heterocycles. The Morgan fingerprint density at radius 3 is 3.25 bits per heavy atom. The molecule has 2 aromatic rings. The van der Waals surface area contributed by atoms with Gasteiger partial charge in [0.2, 0.25) is 0 Å². The van der Waals surface area contributed by atoms with E-state index in [1.54, 1.807) is 0 Å². The number of nitrogens with one attached hydrogen (secondary N) is 1. The Bertz CT molecular complexity index is 582. The number of rotatable bonds is 5. The van der Waals surface area contributed by atoms with Crippen LogP contribution in [0.1, 0.15) is 31.2 Å². The summed E-state index contributed by atoms with van der Waals surface area (Å²) in [5.41, 5.74) is 3.58. The number of aromatic nitrogens is 2. The van der Waals surface area contributed by atoms with E-state index in [0.717, 1.165) is 42.3 Å². The van der Waals surface area contributed by atoms with Gasteiger partial charge < -0.3 is 9.84 Å². The first-order chi connectivity index (χ1) is 9.88. The Balaban J connectivity index is 1.82. The maximum absolute atomic E-state index is 5.45. The van der Waals surface area contributed by atoms with Crippen molar-refractivity contribution in [2.45, 2.75) is 31.9 Å². The quantitative estimate of drug-likeness (QED) is 0.850. The average Bonchev–Trinajstić information content (AvgIpc) is 2.96. The number of hydrogen-bond acceptors (Lipinski definition) is 5. The molecule has 0 fully saturated rings. The molecule has 5 heteroatoms. The molecule has 0 saturated carbocycles. The van der Waals surface area contributed by atoms with Crippen molar-refractivity contribution < 1.29 is 4.52 Å². The van der Waals surface area contributed by atoms with Gasteiger partial charge in [0.05, 0.1) is 5.75 Å². The molecule has 0 radical (unpaired) electrons. The Hall–Kier alpha value is -1.49. The average molecular weight is 289 g/mol. The Morgan fingerprint density at radius 1 is 1.40 bits per heavy atom. The first kappa shape index (κ1) is 13.5. The Morgan fingerprint density at radius 2 is 2.35 bits per heavy atom. The third-order valence-corrected chi connectivity index (χ3v) is 4.53. The Labute approximate surface area is 123 Å². The molecule has 0 saturated heterocycles. The van der Waals surface area contributed by atoms with Gasteiger partial charge in [-0.3, -0.25) is 0 Å². The van der Waals surface area contributed by atoms with Gasteiger partial charge in [0.15, 0.2) is 5.82 Å². The van der Waals surface area contributed by atoms with Crippen LogP contribution in [-0.4, -0.2) is 22.4 Å². The molecule has 0 spiro atoms. The van der Waals surface area contributed by atoms with E-state index >= 15 is 0 Å². The molecule has 0 aliphatic carbocycles. The van der Waals surface area contributed by atoms with Gasteiger partial charge in [-0.05, 0) is 42.7 Å². The normalized spacial score (nSPS) is 13.8. The van der Waals surface area contributed by atoms with E-state index in [9.17, 15) is 0 Å². The van der Waals surface area contributed by atoms with Crippen LogP contribution in [0.2, 0.25) is 0 Å². The van der Waals surface area contributed by atoms with Crippen LogP contribution in [0.25, 0.3) is 11.5 Å². The van der Waals surface area contributed by atoms with Crippen molar-refractivity contribution in [2.75, 3.05) is 17.6 Å². The molecule has 0 bridgehead atoms. The van der Waals surface area contributed by atoms with Crippen LogP contribution < -0.4 is 5.32 Å². The number of fused-ring (bicyclic) bond motifs is 1. The van der Waals surface area contributed by atoms with Crippen molar-refractivity contribution in [2.24, 2.45) is 0 Å². The lowest BCUT2D eigenvalue weighted by atomic mass is 9.97. The Kier molecular flexibility index (Phi) is 4.25. The predicted octanol–water partition coefficient (Wildman–Crippen LogP) is 3.74. The molecule has 0 atom stereocenters. The summed E-state index contributed by atoms with van der Waals surface area (Å²) in [7, 11) is 0. The summed E-state index contributed by atoms with van der Waals surface area (Å²) in [5.74, 6) is 3.40.